The molecule has 204 valence electrons. The zero-order valence-electron chi connectivity index (χ0n) is 22.0. The van der Waals surface area contributed by atoms with Crippen LogP contribution in [0.15, 0.2) is 116 Å². The molecule has 6 nitrogen and oxygen atoms in total. The normalized spacial score (nSPS) is 15.5. The number of rotatable bonds is 9. The Bertz CT molecular complexity index is 1540. The molecule has 5 aromatic rings. The average molecular weight is 572 g/mol. The number of carbonyl (C=O) groups is 1. The lowest BCUT2D eigenvalue weighted by Crippen LogP contribution is -2.45. The van der Waals surface area contributed by atoms with Crippen molar-refractivity contribution >= 4 is 40.4 Å². The number of carbonyl (C=O) groups excluding carboxylic acids is 1. The number of urea groups is 1. The quantitative estimate of drug-likeness (QED) is 0.195. The predicted molar refractivity (Wildman–Crippen MR) is 158 cm³/mol. The highest BCUT2D eigenvalue weighted by atomic mass is 35.5. The third-order valence-corrected chi connectivity index (χ3v) is 8.42. The Morgan fingerprint density at radius 3 is 2.60 bits per heavy atom. The summed E-state index contributed by atoms with van der Waals surface area (Å²) in [6.45, 7) is 3.27. The maximum atomic E-state index is 13.5. The number of benzene rings is 3. The van der Waals surface area contributed by atoms with E-state index >= 15 is 0 Å². The summed E-state index contributed by atoms with van der Waals surface area (Å²) in [4.78, 5) is 20.0. The molecule has 1 atom stereocenters. The van der Waals surface area contributed by atoms with E-state index in [1.54, 1.807) is 22.9 Å². The standard InChI is InChI=1S/C32H30ClN3O3S/c33-25-11-13-29(14-12-25)40-31-10-4-2-7-24(31)19-35-16-15-26(20-35)34-32(37)36(21-27-8-5-17-38-27)22-28-18-23-6-1-3-9-30(23)39-28/h1-14,17-18,26H,15-16,19-22H2,(H,34,37). The SMILES string of the molecule is O=C(NC1CCN(Cc2ccccc2Sc2ccc(Cl)cc2)C1)N(Cc1ccco1)Cc1cc2ccccc2o1. The minimum Gasteiger partial charge on any atom is -0.467 e. The van der Waals surface area contributed by atoms with Crippen LogP contribution in [-0.2, 0) is 19.6 Å². The lowest BCUT2D eigenvalue weighted by molar-refractivity contribution is 0.178. The number of hydrogen-bond donors (Lipinski definition) is 1. The van der Waals surface area contributed by atoms with E-state index in [2.05, 4.69) is 34.5 Å². The molecular weight excluding hydrogens is 542 g/mol. The number of likely N-dealkylation sites (tertiary alicyclic amines) is 1. The molecule has 0 spiro atoms. The number of halogens is 1. The Balaban J connectivity index is 1.09. The number of nitrogens with zero attached hydrogens (tertiary/aromatic N) is 2. The fourth-order valence-electron chi connectivity index (χ4n) is 5.06. The fourth-order valence-corrected chi connectivity index (χ4v) is 6.12. The maximum absolute atomic E-state index is 13.5. The first kappa shape index (κ1) is 26.6. The van der Waals surface area contributed by atoms with E-state index in [0.29, 0.717) is 13.1 Å². The lowest BCUT2D eigenvalue weighted by Gasteiger charge is -2.24. The summed E-state index contributed by atoms with van der Waals surface area (Å²) >= 11 is 7.81. The molecule has 3 aromatic carbocycles. The van der Waals surface area contributed by atoms with Crippen LogP contribution in [0, 0.1) is 0 Å². The van der Waals surface area contributed by atoms with Crippen LogP contribution in [0.4, 0.5) is 4.79 Å². The summed E-state index contributed by atoms with van der Waals surface area (Å²) < 4.78 is 11.6. The van der Waals surface area contributed by atoms with Crippen LogP contribution in [0.25, 0.3) is 11.0 Å². The first-order valence-corrected chi connectivity index (χ1v) is 14.6. The van der Waals surface area contributed by atoms with Crippen molar-refractivity contribution in [1.82, 2.24) is 15.1 Å². The molecule has 2 aromatic heterocycles. The Kier molecular flexibility index (Phi) is 8.14. The van der Waals surface area contributed by atoms with Gasteiger partial charge in [0, 0.05) is 45.9 Å². The summed E-state index contributed by atoms with van der Waals surface area (Å²) in [5, 5.41) is 5.03. The minimum atomic E-state index is -0.123. The van der Waals surface area contributed by atoms with Gasteiger partial charge in [-0.3, -0.25) is 4.90 Å². The molecular formula is C32H30ClN3O3S. The Morgan fingerprint density at radius 2 is 1.77 bits per heavy atom. The molecule has 1 unspecified atom stereocenters. The van der Waals surface area contributed by atoms with Gasteiger partial charge in [-0.15, -0.1) is 0 Å². The van der Waals surface area contributed by atoms with E-state index in [4.69, 9.17) is 20.4 Å². The monoisotopic (exact) mass is 571 g/mol. The van der Waals surface area contributed by atoms with Crippen LogP contribution in [0.2, 0.25) is 5.02 Å². The van der Waals surface area contributed by atoms with Crippen molar-refractivity contribution in [1.29, 1.82) is 0 Å². The van der Waals surface area contributed by atoms with Gasteiger partial charge in [0.05, 0.1) is 19.4 Å². The molecule has 3 heterocycles. The van der Waals surface area contributed by atoms with Crippen molar-refractivity contribution in [3.05, 3.63) is 119 Å². The fraction of sp³-hybridized carbons (Fsp3) is 0.219. The van der Waals surface area contributed by atoms with Crippen LogP contribution in [0.3, 0.4) is 0 Å². The van der Waals surface area contributed by atoms with E-state index in [-0.39, 0.29) is 12.1 Å². The minimum absolute atomic E-state index is 0.0679. The molecule has 6 rings (SSSR count). The van der Waals surface area contributed by atoms with Crippen molar-refractivity contribution in [3.8, 4) is 0 Å². The third kappa shape index (κ3) is 6.55. The Hall–Kier alpha value is -3.65. The summed E-state index contributed by atoms with van der Waals surface area (Å²) in [7, 11) is 0. The van der Waals surface area contributed by atoms with Crippen molar-refractivity contribution in [2.45, 2.75) is 41.9 Å². The highest BCUT2D eigenvalue weighted by Gasteiger charge is 2.27. The molecule has 8 heteroatoms. The second-order valence-electron chi connectivity index (χ2n) is 10.0. The Labute approximate surface area is 242 Å². The number of nitrogens with one attached hydrogen (secondary N) is 1. The van der Waals surface area contributed by atoms with Crippen molar-refractivity contribution < 1.29 is 13.6 Å². The highest BCUT2D eigenvalue weighted by Crippen LogP contribution is 2.32. The zero-order chi connectivity index (χ0) is 27.3. The van der Waals surface area contributed by atoms with Gasteiger partial charge in [-0.05, 0) is 66.6 Å². The molecule has 1 saturated heterocycles. The molecule has 1 aliphatic heterocycles. The first-order chi connectivity index (χ1) is 19.6. The van der Waals surface area contributed by atoms with Gasteiger partial charge in [0.25, 0.3) is 0 Å². The lowest BCUT2D eigenvalue weighted by atomic mass is 10.2. The van der Waals surface area contributed by atoms with Gasteiger partial charge in [0.15, 0.2) is 0 Å². The van der Waals surface area contributed by atoms with Crippen LogP contribution >= 0.6 is 23.4 Å². The molecule has 0 saturated carbocycles. The summed E-state index contributed by atoms with van der Waals surface area (Å²) in [5.74, 6) is 1.47. The van der Waals surface area contributed by atoms with E-state index < -0.39 is 0 Å². The number of amides is 2. The van der Waals surface area contributed by atoms with E-state index in [0.717, 1.165) is 58.5 Å². The van der Waals surface area contributed by atoms with Gasteiger partial charge in [-0.1, -0.05) is 59.8 Å². The molecule has 1 N–H and O–H groups in total. The molecule has 1 fully saturated rings. The largest absolute Gasteiger partial charge is 0.467 e. The van der Waals surface area contributed by atoms with Crippen molar-refractivity contribution in [2.24, 2.45) is 0 Å². The molecule has 2 amide bonds. The number of para-hydroxylation sites is 1. The molecule has 1 aliphatic rings. The van der Waals surface area contributed by atoms with E-state index in [1.807, 2.05) is 66.7 Å². The second-order valence-corrected chi connectivity index (χ2v) is 11.6. The summed E-state index contributed by atoms with van der Waals surface area (Å²) in [5.41, 5.74) is 2.09. The third-order valence-electron chi connectivity index (χ3n) is 7.05. The van der Waals surface area contributed by atoms with E-state index in [9.17, 15) is 4.79 Å². The number of hydrogen-bond acceptors (Lipinski definition) is 5. The number of furan rings is 2. The predicted octanol–water partition coefficient (Wildman–Crippen LogP) is 7.82. The van der Waals surface area contributed by atoms with Crippen LogP contribution in [0.5, 0.6) is 0 Å². The molecule has 0 bridgehead atoms. The van der Waals surface area contributed by atoms with Crippen LogP contribution in [0.1, 0.15) is 23.5 Å². The first-order valence-electron chi connectivity index (χ1n) is 13.4. The van der Waals surface area contributed by atoms with Crippen molar-refractivity contribution in [2.75, 3.05) is 13.1 Å². The maximum Gasteiger partial charge on any atom is 0.318 e. The molecule has 0 aliphatic carbocycles. The number of fused-ring (bicyclic) bond motifs is 1. The van der Waals surface area contributed by atoms with Crippen molar-refractivity contribution in [3.63, 3.8) is 0 Å². The molecule has 40 heavy (non-hydrogen) atoms. The second kappa shape index (κ2) is 12.3. The van der Waals surface area contributed by atoms with Gasteiger partial charge in [-0.2, -0.15) is 0 Å². The van der Waals surface area contributed by atoms with Gasteiger partial charge in [0.1, 0.15) is 17.1 Å². The Morgan fingerprint density at radius 1 is 0.975 bits per heavy atom. The van der Waals surface area contributed by atoms with Gasteiger partial charge in [-0.25, -0.2) is 4.79 Å². The smallest absolute Gasteiger partial charge is 0.318 e. The van der Waals surface area contributed by atoms with Crippen LogP contribution in [-0.4, -0.2) is 35.0 Å². The summed E-state index contributed by atoms with van der Waals surface area (Å²) in [6, 6.07) is 30.0. The zero-order valence-corrected chi connectivity index (χ0v) is 23.5. The summed E-state index contributed by atoms with van der Waals surface area (Å²) in [6.07, 6.45) is 2.53. The van der Waals surface area contributed by atoms with Gasteiger partial charge in [0.2, 0.25) is 0 Å². The van der Waals surface area contributed by atoms with Crippen LogP contribution < -0.4 is 5.32 Å². The topological polar surface area (TPSA) is 61.9 Å². The average Bonchev–Trinajstić information content (AvgIpc) is 3.72. The van der Waals surface area contributed by atoms with E-state index in [1.165, 1.54) is 10.5 Å². The molecule has 0 radical (unpaired) electrons. The highest BCUT2D eigenvalue weighted by molar-refractivity contribution is 7.99. The van der Waals surface area contributed by atoms with Gasteiger partial charge < -0.3 is 19.1 Å². The van der Waals surface area contributed by atoms with Gasteiger partial charge >= 0.3 is 6.03 Å².